The van der Waals surface area contributed by atoms with Gasteiger partial charge in [0.15, 0.2) is 11.5 Å². The summed E-state index contributed by atoms with van der Waals surface area (Å²) in [6.45, 7) is 0. The van der Waals surface area contributed by atoms with Gasteiger partial charge in [-0.15, -0.1) is 0 Å². The number of nitrogens with one attached hydrogen (secondary N) is 1. The van der Waals surface area contributed by atoms with Gasteiger partial charge in [0.2, 0.25) is 0 Å². The van der Waals surface area contributed by atoms with Crippen molar-refractivity contribution in [1.82, 2.24) is 24.9 Å². The first kappa shape index (κ1) is 14.7. The van der Waals surface area contributed by atoms with Gasteiger partial charge in [0, 0.05) is 11.8 Å². The van der Waals surface area contributed by atoms with Gasteiger partial charge in [-0.25, -0.2) is 24.3 Å². The van der Waals surface area contributed by atoms with E-state index in [4.69, 9.17) is 9.97 Å². The molecule has 0 aliphatic heterocycles. The van der Waals surface area contributed by atoms with E-state index in [0.717, 1.165) is 22.1 Å². The van der Waals surface area contributed by atoms with Crippen molar-refractivity contribution in [2.45, 2.75) is 0 Å². The second kappa shape index (κ2) is 5.70. The summed E-state index contributed by atoms with van der Waals surface area (Å²) in [4.78, 5) is 21.6. The third-order valence-corrected chi connectivity index (χ3v) is 4.17. The van der Waals surface area contributed by atoms with Crippen LogP contribution in [0, 0.1) is 5.82 Å². The Balaban J connectivity index is 1.81. The van der Waals surface area contributed by atoms with Crippen molar-refractivity contribution in [3.8, 4) is 22.8 Å². The molecule has 2 aromatic carbocycles. The SMILES string of the molecule is Fc1ccc(-c2nc3ccccc3nc2-c2nc3ncccc3[nH]2)cc1. The van der Waals surface area contributed by atoms with Crippen molar-refractivity contribution < 1.29 is 4.39 Å². The summed E-state index contributed by atoms with van der Waals surface area (Å²) in [6, 6.07) is 17.6. The Bertz CT molecular complexity index is 1210. The highest BCUT2D eigenvalue weighted by Crippen LogP contribution is 2.30. The number of pyridine rings is 1. The Morgan fingerprint density at radius 1 is 0.731 bits per heavy atom. The van der Waals surface area contributed by atoms with Crippen LogP contribution < -0.4 is 0 Å². The normalized spacial score (nSPS) is 11.3. The zero-order valence-corrected chi connectivity index (χ0v) is 13.5. The van der Waals surface area contributed by atoms with Crippen LogP contribution in [0.5, 0.6) is 0 Å². The summed E-state index contributed by atoms with van der Waals surface area (Å²) in [5, 5.41) is 0. The van der Waals surface area contributed by atoms with Crippen molar-refractivity contribution in [3.05, 3.63) is 72.7 Å². The van der Waals surface area contributed by atoms with E-state index in [1.807, 2.05) is 36.4 Å². The van der Waals surface area contributed by atoms with Gasteiger partial charge in [0.25, 0.3) is 0 Å². The number of H-pyrrole nitrogens is 1. The third kappa shape index (κ3) is 2.39. The molecular formula is C20H12FN5. The van der Waals surface area contributed by atoms with Crippen LogP contribution in [0.25, 0.3) is 45.0 Å². The summed E-state index contributed by atoms with van der Waals surface area (Å²) in [5.41, 5.74) is 4.99. The second-order valence-corrected chi connectivity index (χ2v) is 5.88. The molecule has 6 heteroatoms. The number of aromatic nitrogens is 5. The number of rotatable bonds is 2. The molecule has 0 saturated carbocycles. The van der Waals surface area contributed by atoms with Crippen molar-refractivity contribution >= 4 is 22.2 Å². The van der Waals surface area contributed by atoms with E-state index < -0.39 is 0 Å². The molecule has 0 fully saturated rings. The lowest BCUT2D eigenvalue weighted by Crippen LogP contribution is -1.96. The largest absolute Gasteiger partial charge is 0.335 e. The van der Waals surface area contributed by atoms with Crippen LogP contribution in [-0.4, -0.2) is 24.9 Å². The Kier molecular flexibility index (Phi) is 3.21. The Morgan fingerprint density at radius 3 is 2.19 bits per heavy atom. The first-order valence-corrected chi connectivity index (χ1v) is 8.12. The zero-order valence-electron chi connectivity index (χ0n) is 13.5. The summed E-state index contributed by atoms with van der Waals surface area (Å²) >= 11 is 0. The number of imidazole rings is 1. The molecule has 1 N–H and O–H groups in total. The van der Waals surface area contributed by atoms with E-state index in [1.165, 1.54) is 12.1 Å². The van der Waals surface area contributed by atoms with Crippen LogP contribution in [0.4, 0.5) is 4.39 Å². The molecule has 0 unspecified atom stereocenters. The van der Waals surface area contributed by atoms with Gasteiger partial charge >= 0.3 is 0 Å². The minimum Gasteiger partial charge on any atom is -0.335 e. The van der Waals surface area contributed by atoms with Gasteiger partial charge in [-0.2, -0.15) is 0 Å². The molecule has 124 valence electrons. The van der Waals surface area contributed by atoms with Gasteiger partial charge < -0.3 is 4.98 Å². The molecule has 0 aliphatic rings. The number of halogens is 1. The van der Waals surface area contributed by atoms with Crippen molar-refractivity contribution in [2.24, 2.45) is 0 Å². The minimum absolute atomic E-state index is 0.294. The highest BCUT2D eigenvalue weighted by molar-refractivity contribution is 5.86. The molecule has 3 aromatic heterocycles. The molecule has 3 heterocycles. The lowest BCUT2D eigenvalue weighted by Gasteiger charge is -2.08. The predicted molar refractivity (Wildman–Crippen MR) is 97.8 cm³/mol. The highest BCUT2D eigenvalue weighted by Gasteiger charge is 2.16. The second-order valence-electron chi connectivity index (χ2n) is 5.88. The van der Waals surface area contributed by atoms with E-state index in [-0.39, 0.29) is 5.82 Å². The van der Waals surface area contributed by atoms with Crippen LogP contribution in [0.15, 0.2) is 66.9 Å². The summed E-state index contributed by atoms with van der Waals surface area (Å²) in [5.74, 6) is 0.285. The third-order valence-electron chi connectivity index (χ3n) is 4.17. The molecule has 0 spiro atoms. The Labute approximate surface area is 147 Å². The number of hydrogen-bond acceptors (Lipinski definition) is 4. The van der Waals surface area contributed by atoms with Crippen molar-refractivity contribution in [1.29, 1.82) is 0 Å². The average molecular weight is 341 g/mol. The number of aromatic amines is 1. The van der Waals surface area contributed by atoms with Gasteiger partial charge in [-0.3, -0.25) is 0 Å². The minimum atomic E-state index is -0.294. The van der Waals surface area contributed by atoms with E-state index >= 15 is 0 Å². The molecule has 26 heavy (non-hydrogen) atoms. The fraction of sp³-hybridized carbons (Fsp3) is 0. The lowest BCUT2D eigenvalue weighted by atomic mass is 10.1. The summed E-state index contributed by atoms with van der Waals surface area (Å²) < 4.78 is 13.4. The molecule has 5 rings (SSSR count). The fourth-order valence-corrected chi connectivity index (χ4v) is 2.93. The van der Waals surface area contributed by atoms with Gasteiger partial charge in [0.1, 0.15) is 17.2 Å². The quantitative estimate of drug-likeness (QED) is 0.517. The van der Waals surface area contributed by atoms with Gasteiger partial charge in [0.05, 0.1) is 16.6 Å². The number of fused-ring (bicyclic) bond motifs is 2. The van der Waals surface area contributed by atoms with E-state index in [0.29, 0.717) is 22.9 Å². The maximum Gasteiger partial charge on any atom is 0.178 e. The number of para-hydroxylation sites is 2. The molecular weight excluding hydrogens is 329 g/mol. The van der Waals surface area contributed by atoms with E-state index in [2.05, 4.69) is 15.0 Å². The van der Waals surface area contributed by atoms with Gasteiger partial charge in [-0.1, -0.05) is 12.1 Å². The van der Waals surface area contributed by atoms with Gasteiger partial charge in [-0.05, 0) is 48.5 Å². The molecule has 0 radical (unpaired) electrons. The molecule has 5 aromatic rings. The number of nitrogens with zero attached hydrogens (tertiary/aromatic N) is 4. The fourth-order valence-electron chi connectivity index (χ4n) is 2.93. The monoisotopic (exact) mass is 341 g/mol. The summed E-state index contributed by atoms with van der Waals surface area (Å²) in [7, 11) is 0. The molecule has 0 aliphatic carbocycles. The van der Waals surface area contributed by atoms with Crippen molar-refractivity contribution in [2.75, 3.05) is 0 Å². The van der Waals surface area contributed by atoms with E-state index in [9.17, 15) is 4.39 Å². The first-order valence-electron chi connectivity index (χ1n) is 8.12. The number of hydrogen-bond donors (Lipinski definition) is 1. The molecule has 0 atom stereocenters. The molecule has 5 nitrogen and oxygen atoms in total. The first-order chi connectivity index (χ1) is 12.8. The maximum atomic E-state index is 13.4. The van der Waals surface area contributed by atoms with E-state index in [1.54, 1.807) is 18.3 Å². The average Bonchev–Trinajstić information content (AvgIpc) is 3.12. The smallest absolute Gasteiger partial charge is 0.178 e. The zero-order chi connectivity index (χ0) is 17.5. The molecule has 0 bridgehead atoms. The molecule has 0 amide bonds. The molecule has 0 saturated heterocycles. The topological polar surface area (TPSA) is 67.3 Å². The van der Waals surface area contributed by atoms with Crippen LogP contribution in [0.2, 0.25) is 0 Å². The summed E-state index contributed by atoms with van der Waals surface area (Å²) in [6.07, 6.45) is 1.69. The van der Waals surface area contributed by atoms with Crippen LogP contribution in [-0.2, 0) is 0 Å². The van der Waals surface area contributed by atoms with Crippen LogP contribution >= 0.6 is 0 Å². The lowest BCUT2D eigenvalue weighted by molar-refractivity contribution is 0.628. The van der Waals surface area contributed by atoms with Crippen LogP contribution in [0.3, 0.4) is 0 Å². The standard InChI is InChI=1S/C20H12FN5/c21-13-9-7-12(8-10-13)17-18(24-15-5-2-1-4-14(15)23-17)20-25-16-6-3-11-22-19(16)26-20/h1-11H,(H,22,25,26). The Morgan fingerprint density at radius 2 is 1.46 bits per heavy atom. The Hall–Kier alpha value is -3.67. The van der Waals surface area contributed by atoms with Crippen molar-refractivity contribution in [3.63, 3.8) is 0 Å². The van der Waals surface area contributed by atoms with Crippen LogP contribution in [0.1, 0.15) is 0 Å². The maximum absolute atomic E-state index is 13.4. The predicted octanol–water partition coefficient (Wildman–Crippen LogP) is 4.37. The number of benzene rings is 2. The highest BCUT2D eigenvalue weighted by atomic mass is 19.1.